The van der Waals surface area contributed by atoms with Gasteiger partial charge in [-0.1, -0.05) is 30.3 Å². The number of carbonyl (C=O) groups is 3. The second-order valence-electron chi connectivity index (χ2n) is 6.78. The number of ether oxygens (including phenoxy) is 3. The minimum absolute atomic E-state index is 0.196. The fourth-order valence-corrected chi connectivity index (χ4v) is 3.00. The molecular formula is C24H23N3O6. The van der Waals surface area contributed by atoms with Crippen molar-refractivity contribution in [3.8, 4) is 17.2 Å². The zero-order valence-electron chi connectivity index (χ0n) is 18.1. The summed E-state index contributed by atoms with van der Waals surface area (Å²) in [6.45, 7) is -0.364. The fraction of sp³-hybridized carbons (Fsp3) is 0.125. The van der Waals surface area contributed by atoms with Crippen molar-refractivity contribution in [2.75, 3.05) is 31.5 Å². The van der Waals surface area contributed by atoms with Gasteiger partial charge in [-0.25, -0.2) is 0 Å². The van der Waals surface area contributed by atoms with Crippen LogP contribution in [0.15, 0.2) is 66.7 Å². The summed E-state index contributed by atoms with van der Waals surface area (Å²) >= 11 is 0. The van der Waals surface area contributed by atoms with Crippen molar-refractivity contribution in [3.63, 3.8) is 0 Å². The molecule has 0 aliphatic heterocycles. The molecule has 0 saturated carbocycles. The summed E-state index contributed by atoms with van der Waals surface area (Å²) in [5.74, 6) is -0.683. The van der Waals surface area contributed by atoms with Gasteiger partial charge in [0.05, 0.1) is 31.2 Å². The summed E-state index contributed by atoms with van der Waals surface area (Å²) in [5, 5.41) is 5.52. The second-order valence-corrected chi connectivity index (χ2v) is 6.78. The lowest BCUT2D eigenvalue weighted by Crippen LogP contribution is -2.21. The van der Waals surface area contributed by atoms with Crippen molar-refractivity contribution in [1.82, 2.24) is 0 Å². The lowest BCUT2D eigenvalue weighted by atomic mass is 10.1. The molecule has 0 unspecified atom stereocenters. The van der Waals surface area contributed by atoms with Gasteiger partial charge in [-0.05, 0) is 24.3 Å². The van der Waals surface area contributed by atoms with E-state index in [4.69, 9.17) is 19.9 Å². The number of hydrogen-bond acceptors (Lipinski definition) is 6. The first-order chi connectivity index (χ1) is 15.9. The van der Waals surface area contributed by atoms with Crippen molar-refractivity contribution < 1.29 is 28.6 Å². The van der Waals surface area contributed by atoms with Gasteiger partial charge in [0, 0.05) is 17.7 Å². The average molecular weight is 449 g/mol. The zero-order valence-corrected chi connectivity index (χ0v) is 18.1. The van der Waals surface area contributed by atoms with Crippen LogP contribution in [0.25, 0.3) is 0 Å². The van der Waals surface area contributed by atoms with Gasteiger partial charge in [0.15, 0.2) is 6.61 Å². The van der Waals surface area contributed by atoms with Crippen molar-refractivity contribution in [1.29, 1.82) is 0 Å². The van der Waals surface area contributed by atoms with Crippen LogP contribution in [0, 0.1) is 0 Å². The monoisotopic (exact) mass is 449 g/mol. The molecule has 33 heavy (non-hydrogen) atoms. The topological polar surface area (TPSA) is 129 Å². The normalized spacial score (nSPS) is 10.1. The first kappa shape index (κ1) is 23.1. The number of amides is 3. The first-order valence-corrected chi connectivity index (χ1v) is 9.86. The molecule has 0 heterocycles. The number of benzene rings is 3. The van der Waals surface area contributed by atoms with Crippen molar-refractivity contribution in [3.05, 3.63) is 77.9 Å². The summed E-state index contributed by atoms with van der Waals surface area (Å²) in [4.78, 5) is 36.5. The molecule has 9 nitrogen and oxygen atoms in total. The second kappa shape index (κ2) is 10.7. The molecule has 0 spiro atoms. The molecule has 0 radical (unpaired) electrons. The molecule has 0 bridgehead atoms. The summed E-state index contributed by atoms with van der Waals surface area (Å²) < 4.78 is 16.1. The number of rotatable bonds is 9. The van der Waals surface area contributed by atoms with Crippen molar-refractivity contribution >= 4 is 29.1 Å². The van der Waals surface area contributed by atoms with E-state index < -0.39 is 11.8 Å². The smallest absolute Gasteiger partial charge is 0.259 e. The molecule has 3 aromatic carbocycles. The number of nitrogens with one attached hydrogen (secondary N) is 2. The number of primary amides is 1. The average Bonchev–Trinajstić information content (AvgIpc) is 2.83. The van der Waals surface area contributed by atoms with Crippen LogP contribution in [-0.4, -0.2) is 38.5 Å². The van der Waals surface area contributed by atoms with Crippen LogP contribution in [0.5, 0.6) is 17.2 Å². The maximum absolute atomic E-state index is 12.9. The molecule has 0 aromatic heterocycles. The zero-order chi connectivity index (χ0) is 23.8. The Morgan fingerprint density at radius 2 is 1.30 bits per heavy atom. The van der Waals surface area contributed by atoms with E-state index in [2.05, 4.69) is 10.6 Å². The van der Waals surface area contributed by atoms with Crippen molar-refractivity contribution in [2.45, 2.75) is 0 Å². The Kier molecular flexibility index (Phi) is 7.48. The third-order valence-electron chi connectivity index (χ3n) is 4.56. The highest BCUT2D eigenvalue weighted by molar-refractivity contribution is 6.08. The van der Waals surface area contributed by atoms with Crippen LogP contribution < -0.4 is 30.6 Å². The summed E-state index contributed by atoms with van der Waals surface area (Å²) in [5.41, 5.74) is 6.47. The van der Waals surface area contributed by atoms with Crippen LogP contribution in [0.4, 0.5) is 11.4 Å². The van der Waals surface area contributed by atoms with Gasteiger partial charge in [0.1, 0.15) is 17.2 Å². The van der Waals surface area contributed by atoms with Gasteiger partial charge < -0.3 is 30.6 Å². The Bertz CT molecular complexity index is 1160. The number of carbonyl (C=O) groups excluding carboxylic acids is 3. The lowest BCUT2D eigenvalue weighted by molar-refractivity contribution is -0.119. The lowest BCUT2D eigenvalue weighted by Gasteiger charge is -2.17. The van der Waals surface area contributed by atoms with Gasteiger partial charge >= 0.3 is 0 Å². The third-order valence-corrected chi connectivity index (χ3v) is 4.56. The van der Waals surface area contributed by atoms with E-state index >= 15 is 0 Å². The summed E-state index contributed by atoms with van der Waals surface area (Å²) in [6.07, 6.45) is 0. The molecule has 0 saturated heterocycles. The molecule has 9 heteroatoms. The minimum Gasteiger partial charge on any atom is -0.494 e. The molecule has 3 amide bonds. The quantitative estimate of drug-likeness (QED) is 0.460. The fourth-order valence-electron chi connectivity index (χ4n) is 3.00. The largest absolute Gasteiger partial charge is 0.494 e. The predicted molar refractivity (Wildman–Crippen MR) is 123 cm³/mol. The Morgan fingerprint density at radius 3 is 1.88 bits per heavy atom. The van der Waals surface area contributed by atoms with Crippen LogP contribution in [0.2, 0.25) is 0 Å². The van der Waals surface area contributed by atoms with Crippen LogP contribution in [0.1, 0.15) is 20.7 Å². The maximum Gasteiger partial charge on any atom is 0.259 e. The van der Waals surface area contributed by atoms with Crippen LogP contribution in [-0.2, 0) is 4.79 Å². The Hall–Kier alpha value is -4.53. The van der Waals surface area contributed by atoms with Crippen LogP contribution >= 0.6 is 0 Å². The molecular weight excluding hydrogens is 426 g/mol. The van der Waals surface area contributed by atoms with Gasteiger partial charge in [0.2, 0.25) is 0 Å². The Morgan fingerprint density at radius 1 is 0.758 bits per heavy atom. The molecule has 0 aliphatic carbocycles. The first-order valence-electron chi connectivity index (χ1n) is 9.86. The van der Waals surface area contributed by atoms with Crippen molar-refractivity contribution in [2.24, 2.45) is 5.73 Å². The predicted octanol–water partition coefficient (Wildman–Crippen LogP) is 3.07. The summed E-state index contributed by atoms with van der Waals surface area (Å²) in [6, 6.07) is 18.2. The third kappa shape index (κ3) is 5.79. The van der Waals surface area contributed by atoms with E-state index in [0.717, 1.165) is 0 Å². The molecule has 0 fully saturated rings. The SMILES string of the molecule is COc1cc(NC(=O)c2ccccc2OCC(N)=O)c(OC)cc1NC(=O)c1ccccc1. The molecule has 4 N–H and O–H groups in total. The maximum atomic E-state index is 12.9. The highest BCUT2D eigenvalue weighted by Crippen LogP contribution is 2.37. The minimum atomic E-state index is -0.662. The van der Waals surface area contributed by atoms with E-state index in [9.17, 15) is 14.4 Å². The number of hydrogen-bond donors (Lipinski definition) is 3. The number of methoxy groups -OCH3 is 2. The molecule has 0 atom stereocenters. The Balaban J connectivity index is 1.86. The molecule has 0 aliphatic rings. The van der Waals surface area contributed by atoms with Gasteiger partial charge in [0.25, 0.3) is 17.7 Å². The standard InChI is InChI=1S/C24H23N3O6/c1-31-20-13-18(27-24(30)16-10-6-7-11-19(16)33-14-22(25)28)21(32-2)12-17(20)26-23(29)15-8-4-3-5-9-15/h3-13H,14H2,1-2H3,(H2,25,28)(H,26,29)(H,27,30). The van der Waals surface area contributed by atoms with E-state index in [1.165, 1.54) is 20.3 Å². The van der Waals surface area contributed by atoms with E-state index in [-0.39, 0.29) is 23.8 Å². The van der Waals surface area contributed by atoms with Gasteiger partial charge in [-0.3, -0.25) is 14.4 Å². The number of nitrogens with two attached hydrogens (primary N) is 1. The van der Waals surface area contributed by atoms with Gasteiger partial charge in [-0.15, -0.1) is 0 Å². The van der Waals surface area contributed by atoms with E-state index in [0.29, 0.717) is 28.4 Å². The molecule has 170 valence electrons. The number of anilines is 2. The summed E-state index contributed by atoms with van der Waals surface area (Å²) in [7, 11) is 2.88. The Labute approximate surface area is 190 Å². The molecule has 3 rings (SSSR count). The molecule has 3 aromatic rings. The van der Waals surface area contributed by atoms with E-state index in [1.807, 2.05) is 6.07 Å². The van der Waals surface area contributed by atoms with E-state index in [1.54, 1.807) is 54.6 Å². The highest BCUT2D eigenvalue weighted by Gasteiger charge is 2.19. The van der Waals surface area contributed by atoms with Gasteiger partial charge in [-0.2, -0.15) is 0 Å². The highest BCUT2D eigenvalue weighted by atomic mass is 16.5. The van der Waals surface area contributed by atoms with Crippen LogP contribution in [0.3, 0.4) is 0 Å². The number of para-hydroxylation sites is 1.